The number of nitrogens with zero attached hydrogens (tertiary/aromatic N) is 1. The highest BCUT2D eigenvalue weighted by molar-refractivity contribution is 6.32. The Morgan fingerprint density at radius 3 is 2.29 bits per heavy atom. The average molecular weight is 268 g/mol. The number of aryl methyl sites for hydroxylation is 1. The van der Waals surface area contributed by atoms with Crippen molar-refractivity contribution in [1.29, 1.82) is 0 Å². The van der Waals surface area contributed by atoms with Crippen molar-refractivity contribution in [1.82, 2.24) is 4.98 Å². The standard InChI is InChI=1S/C13H11Cl2NO/c1-8-3-4-11(17-2)10(5-8)9-6-12(14)16-13(15)7-9/h3-7H,1-2H3. The number of halogens is 2. The molecule has 0 fully saturated rings. The van der Waals surface area contributed by atoms with Crippen LogP contribution in [0, 0.1) is 6.92 Å². The zero-order chi connectivity index (χ0) is 12.4. The molecule has 0 amide bonds. The molecule has 1 aromatic heterocycles. The SMILES string of the molecule is COc1ccc(C)cc1-c1cc(Cl)nc(Cl)c1. The van der Waals surface area contributed by atoms with Crippen LogP contribution in [-0.4, -0.2) is 12.1 Å². The summed E-state index contributed by atoms with van der Waals surface area (Å²) < 4.78 is 5.33. The van der Waals surface area contributed by atoms with Gasteiger partial charge in [0.1, 0.15) is 16.1 Å². The third-order valence-electron chi connectivity index (χ3n) is 2.43. The minimum Gasteiger partial charge on any atom is -0.496 e. The number of rotatable bonds is 2. The van der Waals surface area contributed by atoms with Crippen LogP contribution >= 0.6 is 23.2 Å². The summed E-state index contributed by atoms with van der Waals surface area (Å²) in [6.45, 7) is 2.02. The van der Waals surface area contributed by atoms with E-state index in [0.717, 1.165) is 22.4 Å². The summed E-state index contributed by atoms with van der Waals surface area (Å²) in [5, 5.41) is 0.743. The molecular weight excluding hydrogens is 257 g/mol. The summed E-state index contributed by atoms with van der Waals surface area (Å²) in [5.41, 5.74) is 3.00. The fraction of sp³-hybridized carbons (Fsp3) is 0.154. The topological polar surface area (TPSA) is 22.1 Å². The lowest BCUT2D eigenvalue weighted by Crippen LogP contribution is -1.90. The third-order valence-corrected chi connectivity index (χ3v) is 2.82. The monoisotopic (exact) mass is 267 g/mol. The number of hydrogen-bond acceptors (Lipinski definition) is 2. The number of hydrogen-bond donors (Lipinski definition) is 0. The first-order valence-electron chi connectivity index (χ1n) is 5.08. The fourth-order valence-corrected chi connectivity index (χ4v) is 2.13. The minimum atomic E-state index is 0.371. The maximum Gasteiger partial charge on any atom is 0.131 e. The summed E-state index contributed by atoms with van der Waals surface area (Å²) in [6.07, 6.45) is 0. The Kier molecular flexibility index (Phi) is 3.55. The van der Waals surface area contributed by atoms with Gasteiger partial charge in [0.05, 0.1) is 7.11 Å². The summed E-state index contributed by atoms with van der Waals surface area (Å²) in [4.78, 5) is 3.93. The van der Waals surface area contributed by atoms with Crippen LogP contribution in [0.5, 0.6) is 5.75 Å². The quantitative estimate of drug-likeness (QED) is 0.754. The van der Waals surface area contributed by atoms with E-state index < -0.39 is 0 Å². The number of methoxy groups -OCH3 is 1. The van der Waals surface area contributed by atoms with Crippen LogP contribution < -0.4 is 4.74 Å². The molecule has 1 aromatic carbocycles. The van der Waals surface area contributed by atoms with Crippen LogP contribution in [0.25, 0.3) is 11.1 Å². The summed E-state index contributed by atoms with van der Waals surface area (Å²) in [5.74, 6) is 0.786. The molecule has 2 rings (SSSR count). The van der Waals surface area contributed by atoms with E-state index in [1.165, 1.54) is 0 Å². The number of aromatic nitrogens is 1. The molecule has 0 aliphatic rings. The van der Waals surface area contributed by atoms with Gasteiger partial charge in [0.15, 0.2) is 0 Å². The van der Waals surface area contributed by atoms with E-state index in [1.807, 2.05) is 25.1 Å². The highest BCUT2D eigenvalue weighted by Gasteiger charge is 2.08. The Bertz CT molecular complexity index is 535. The molecule has 0 saturated heterocycles. The van der Waals surface area contributed by atoms with Gasteiger partial charge in [-0.1, -0.05) is 34.8 Å². The molecule has 0 spiro atoms. The molecule has 0 aliphatic carbocycles. The largest absolute Gasteiger partial charge is 0.496 e. The van der Waals surface area contributed by atoms with Crippen LogP contribution in [0.2, 0.25) is 10.3 Å². The summed E-state index contributed by atoms with van der Waals surface area (Å²) in [6, 6.07) is 9.48. The molecule has 0 aliphatic heterocycles. The van der Waals surface area contributed by atoms with Crippen molar-refractivity contribution in [3.05, 3.63) is 46.2 Å². The van der Waals surface area contributed by atoms with E-state index >= 15 is 0 Å². The van der Waals surface area contributed by atoms with Gasteiger partial charge in [-0.2, -0.15) is 0 Å². The second-order valence-electron chi connectivity index (χ2n) is 3.71. The Balaban J connectivity index is 2.62. The van der Waals surface area contributed by atoms with E-state index in [0.29, 0.717) is 10.3 Å². The van der Waals surface area contributed by atoms with Crippen molar-refractivity contribution in [2.45, 2.75) is 6.92 Å². The zero-order valence-corrected chi connectivity index (χ0v) is 11.0. The first-order chi connectivity index (χ1) is 8.10. The zero-order valence-electron chi connectivity index (χ0n) is 9.50. The predicted molar refractivity (Wildman–Crippen MR) is 71.0 cm³/mol. The van der Waals surface area contributed by atoms with Crippen molar-refractivity contribution >= 4 is 23.2 Å². The van der Waals surface area contributed by atoms with Crippen LogP contribution in [-0.2, 0) is 0 Å². The maximum atomic E-state index is 5.90. The second-order valence-corrected chi connectivity index (χ2v) is 4.48. The molecule has 0 bridgehead atoms. The van der Waals surface area contributed by atoms with Gasteiger partial charge in [-0.05, 0) is 36.8 Å². The van der Waals surface area contributed by atoms with E-state index in [-0.39, 0.29) is 0 Å². The normalized spacial score (nSPS) is 10.4. The first kappa shape index (κ1) is 12.2. The van der Waals surface area contributed by atoms with E-state index in [9.17, 15) is 0 Å². The first-order valence-corrected chi connectivity index (χ1v) is 5.84. The summed E-state index contributed by atoms with van der Waals surface area (Å²) >= 11 is 11.8. The van der Waals surface area contributed by atoms with Crippen molar-refractivity contribution in [3.8, 4) is 16.9 Å². The molecule has 88 valence electrons. The molecule has 0 unspecified atom stereocenters. The van der Waals surface area contributed by atoms with Crippen LogP contribution in [0.4, 0.5) is 0 Å². The second kappa shape index (κ2) is 4.94. The number of pyridine rings is 1. The highest BCUT2D eigenvalue weighted by Crippen LogP contribution is 2.33. The van der Waals surface area contributed by atoms with Gasteiger partial charge in [0.2, 0.25) is 0 Å². The van der Waals surface area contributed by atoms with Crippen molar-refractivity contribution in [2.75, 3.05) is 7.11 Å². The maximum absolute atomic E-state index is 5.90. The summed E-state index contributed by atoms with van der Waals surface area (Å²) in [7, 11) is 1.64. The Labute approximate surface area is 110 Å². The minimum absolute atomic E-state index is 0.371. The Morgan fingerprint density at radius 1 is 1.06 bits per heavy atom. The third kappa shape index (κ3) is 2.71. The molecule has 0 atom stereocenters. The smallest absolute Gasteiger partial charge is 0.131 e. The molecular formula is C13H11Cl2NO. The van der Waals surface area contributed by atoms with Crippen molar-refractivity contribution in [2.24, 2.45) is 0 Å². The van der Waals surface area contributed by atoms with Crippen molar-refractivity contribution < 1.29 is 4.74 Å². The van der Waals surface area contributed by atoms with Crippen LogP contribution in [0.1, 0.15) is 5.56 Å². The van der Waals surface area contributed by atoms with Gasteiger partial charge >= 0.3 is 0 Å². The lowest BCUT2D eigenvalue weighted by Gasteiger charge is -2.10. The predicted octanol–water partition coefficient (Wildman–Crippen LogP) is 4.37. The number of benzene rings is 1. The molecule has 1 heterocycles. The Morgan fingerprint density at radius 2 is 1.71 bits per heavy atom. The highest BCUT2D eigenvalue weighted by atomic mass is 35.5. The van der Waals surface area contributed by atoms with Gasteiger partial charge in [0.25, 0.3) is 0 Å². The van der Waals surface area contributed by atoms with Crippen LogP contribution in [0.3, 0.4) is 0 Å². The van der Waals surface area contributed by atoms with Crippen LogP contribution in [0.15, 0.2) is 30.3 Å². The van der Waals surface area contributed by atoms with Gasteiger partial charge in [0, 0.05) is 5.56 Å². The molecule has 17 heavy (non-hydrogen) atoms. The molecule has 2 aromatic rings. The molecule has 0 radical (unpaired) electrons. The van der Waals surface area contributed by atoms with E-state index in [2.05, 4.69) is 4.98 Å². The lowest BCUT2D eigenvalue weighted by atomic mass is 10.0. The van der Waals surface area contributed by atoms with Crippen molar-refractivity contribution in [3.63, 3.8) is 0 Å². The fourth-order valence-electron chi connectivity index (χ4n) is 1.67. The van der Waals surface area contributed by atoms with Gasteiger partial charge in [-0.15, -0.1) is 0 Å². The lowest BCUT2D eigenvalue weighted by molar-refractivity contribution is 0.416. The molecule has 2 nitrogen and oxygen atoms in total. The van der Waals surface area contributed by atoms with Gasteiger partial charge < -0.3 is 4.74 Å². The van der Waals surface area contributed by atoms with Gasteiger partial charge in [-0.3, -0.25) is 0 Å². The van der Waals surface area contributed by atoms with E-state index in [1.54, 1.807) is 19.2 Å². The van der Waals surface area contributed by atoms with E-state index in [4.69, 9.17) is 27.9 Å². The molecule has 4 heteroatoms. The number of ether oxygens (including phenoxy) is 1. The average Bonchev–Trinajstić information content (AvgIpc) is 2.27. The molecule has 0 saturated carbocycles. The molecule has 0 N–H and O–H groups in total. The van der Waals surface area contributed by atoms with Gasteiger partial charge in [-0.25, -0.2) is 4.98 Å². The Hall–Kier alpha value is -1.25.